The van der Waals surface area contributed by atoms with Gasteiger partial charge >= 0.3 is 0 Å². The standard InChI is InChI=1S/C20H19FOS/c1-4-17-13(2)19(18-10-7-15(21)12-20(17)18)11-14-5-8-16(9-6-14)23(3)22/h5-12H,4H2,1-3H3/b19-11-. The lowest BCUT2D eigenvalue weighted by Gasteiger charge is -2.05. The summed E-state index contributed by atoms with van der Waals surface area (Å²) < 4.78 is 25.1. The molecule has 0 saturated carbocycles. The summed E-state index contributed by atoms with van der Waals surface area (Å²) in [5.41, 5.74) is 6.70. The number of rotatable bonds is 3. The Morgan fingerprint density at radius 1 is 1.09 bits per heavy atom. The van der Waals surface area contributed by atoms with Crippen molar-refractivity contribution in [2.75, 3.05) is 6.26 Å². The second-order valence-electron chi connectivity index (χ2n) is 5.73. The van der Waals surface area contributed by atoms with E-state index in [2.05, 4.69) is 19.9 Å². The monoisotopic (exact) mass is 326 g/mol. The van der Waals surface area contributed by atoms with E-state index >= 15 is 0 Å². The number of hydrogen-bond acceptors (Lipinski definition) is 1. The fourth-order valence-electron chi connectivity index (χ4n) is 3.13. The molecule has 0 aromatic heterocycles. The predicted molar refractivity (Wildman–Crippen MR) is 95.9 cm³/mol. The van der Waals surface area contributed by atoms with Gasteiger partial charge in [0.15, 0.2) is 0 Å². The van der Waals surface area contributed by atoms with Crippen molar-refractivity contribution in [3.8, 4) is 0 Å². The molecule has 118 valence electrons. The molecule has 2 aromatic rings. The Morgan fingerprint density at radius 3 is 2.39 bits per heavy atom. The summed E-state index contributed by atoms with van der Waals surface area (Å²) in [6.45, 7) is 4.19. The molecule has 1 aliphatic carbocycles. The van der Waals surface area contributed by atoms with Crippen LogP contribution in [0.5, 0.6) is 0 Å². The topological polar surface area (TPSA) is 17.1 Å². The second kappa shape index (κ2) is 6.25. The first-order valence-corrected chi connectivity index (χ1v) is 9.22. The molecule has 1 nitrogen and oxygen atoms in total. The zero-order valence-corrected chi connectivity index (χ0v) is 14.3. The van der Waals surface area contributed by atoms with Crippen LogP contribution in [0.2, 0.25) is 0 Å². The molecule has 3 rings (SSSR count). The van der Waals surface area contributed by atoms with Gasteiger partial charge in [-0.05, 0) is 77.1 Å². The minimum Gasteiger partial charge on any atom is -0.255 e. The molecule has 23 heavy (non-hydrogen) atoms. The van der Waals surface area contributed by atoms with E-state index in [-0.39, 0.29) is 5.82 Å². The van der Waals surface area contributed by atoms with Gasteiger partial charge < -0.3 is 0 Å². The summed E-state index contributed by atoms with van der Waals surface area (Å²) in [5, 5.41) is 0. The van der Waals surface area contributed by atoms with Gasteiger partial charge in [-0.3, -0.25) is 4.21 Å². The van der Waals surface area contributed by atoms with Crippen molar-refractivity contribution in [2.24, 2.45) is 0 Å². The zero-order chi connectivity index (χ0) is 16.6. The second-order valence-corrected chi connectivity index (χ2v) is 7.11. The summed E-state index contributed by atoms with van der Waals surface area (Å²) in [6, 6.07) is 12.7. The van der Waals surface area contributed by atoms with E-state index in [1.54, 1.807) is 12.3 Å². The van der Waals surface area contributed by atoms with Gasteiger partial charge in [0.25, 0.3) is 0 Å². The van der Waals surface area contributed by atoms with Gasteiger partial charge in [0.05, 0.1) is 0 Å². The molecule has 0 heterocycles. The normalized spacial score (nSPS) is 16.8. The number of allylic oxidation sites excluding steroid dienone is 3. The highest BCUT2D eigenvalue weighted by Gasteiger charge is 2.22. The molecule has 1 unspecified atom stereocenters. The van der Waals surface area contributed by atoms with Crippen LogP contribution in [-0.4, -0.2) is 10.5 Å². The van der Waals surface area contributed by atoms with Crippen molar-refractivity contribution in [1.82, 2.24) is 0 Å². The van der Waals surface area contributed by atoms with E-state index in [9.17, 15) is 8.60 Å². The van der Waals surface area contributed by atoms with Crippen molar-refractivity contribution >= 4 is 28.0 Å². The molecule has 0 radical (unpaired) electrons. The average Bonchev–Trinajstić information content (AvgIpc) is 2.79. The fraction of sp³-hybridized carbons (Fsp3) is 0.200. The molecule has 0 amide bonds. The lowest BCUT2D eigenvalue weighted by molar-refractivity contribution is 0.627. The zero-order valence-electron chi connectivity index (χ0n) is 13.5. The molecular weight excluding hydrogens is 307 g/mol. The number of hydrogen-bond donors (Lipinski definition) is 0. The molecule has 3 heteroatoms. The van der Waals surface area contributed by atoms with Crippen LogP contribution < -0.4 is 0 Å². The maximum Gasteiger partial charge on any atom is 0.123 e. The molecule has 0 fully saturated rings. The lowest BCUT2D eigenvalue weighted by atomic mass is 10.0. The maximum atomic E-state index is 13.6. The van der Waals surface area contributed by atoms with Crippen molar-refractivity contribution in [2.45, 2.75) is 25.2 Å². The summed E-state index contributed by atoms with van der Waals surface area (Å²) in [7, 11) is -0.966. The first-order valence-electron chi connectivity index (χ1n) is 7.67. The van der Waals surface area contributed by atoms with Crippen LogP contribution in [-0.2, 0) is 10.8 Å². The third-order valence-corrected chi connectivity index (χ3v) is 5.27. The number of halogens is 1. The Hall–Kier alpha value is -2.00. The highest BCUT2D eigenvalue weighted by molar-refractivity contribution is 7.84. The van der Waals surface area contributed by atoms with Crippen LogP contribution in [0.3, 0.4) is 0 Å². The van der Waals surface area contributed by atoms with Crippen molar-refractivity contribution in [3.05, 3.63) is 70.5 Å². The van der Waals surface area contributed by atoms with Crippen LogP contribution in [0, 0.1) is 5.82 Å². The summed E-state index contributed by atoms with van der Waals surface area (Å²) in [5.74, 6) is -0.196. The molecule has 0 bridgehead atoms. The van der Waals surface area contributed by atoms with Gasteiger partial charge in [-0.25, -0.2) is 4.39 Å². The van der Waals surface area contributed by atoms with E-state index in [0.29, 0.717) is 0 Å². The van der Waals surface area contributed by atoms with E-state index in [1.807, 2.05) is 30.3 Å². The largest absolute Gasteiger partial charge is 0.255 e. The van der Waals surface area contributed by atoms with Gasteiger partial charge in [0, 0.05) is 22.0 Å². The minimum absolute atomic E-state index is 0.196. The van der Waals surface area contributed by atoms with Crippen molar-refractivity contribution in [3.63, 3.8) is 0 Å². The van der Waals surface area contributed by atoms with Gasteiger partial charge in [-0.1, -0.05) is 25.1 Å². The minimum atomic E-state index is -0.966. The highest BCUT2D eigenvalue weighted by Crippen LogP contribution is 2.43. The molecule has 0 saturated heterocycles. The van der Waals surface area contributed by atoms with Gasteiger partial charge in [0.1, 0.15) is 5.82 Å². The van der Waals surface area contributed by atoms with Crippen LogP contribution >= 0.6 is 0 Å². The van der Waals surface area contributed by atoms with Gasteiger partial charge in [0.2, 0.25) is 0 Å². The quantitative estimate of drug-likeness (QED) is 0.748. The molecule has 0 aliphatic heterocycles. The van der Waals surface area contributed by atoms with Gasteiger partial charge in [-0.2, -0.15) is 0 Å². The Morgan fingerprint density at radius 2 is 1.78 bits per heavy atom. The Bertz CT molecular complexity index is 844. The van der Waals surface area contributed by atoms with E-state index in [4.69, 9.17) is 0 Å². The van der Waals surface area contributed by atoms with Crippen molar-refractivity contribution in [1.29, 1.82) is 0 Å². The van der Waals surface area contributed by atoms with E-state index in [1.165, 1.54) is 17.2 Å². The van der Waals surface area contributed by atoms with Crippen LogP contribution in [0.15, 0.2) is 52.9 Å². The molecule has 0 spiro atoms. The Balaban J connectivity index is 2.09. The SMILES string of the molecule is CCC1=C(C)/C(=C/c2ccc(S(C)=O)cc2)c2ccc(F)cc21. The highest BCUT2D eigenvalue weighted by atomic mass is 32.2. The maximum absolute atomic E-state index is 13.6. The molecule has 1 aliphatic rings. The third-order valence-electron chi connectivity index (χ3n) is 4.33. The summed E-state index contributed by atoms with van der Waals surface area (Å²) in [6.07, 6.45) is 4.68. The molecule has 1 atom stereocenters. The molecule has 0 N–H and O–H groups in total. The molecule has 2 aromatic carbocycles. The van der Waals surface area contributed by atoms with Crippen LogP contribution in [0.4, 0.5) is 4.39 Å². The number of fused-ring (bicyclic) bond motifs is 1. The van der Waals surface area contributed by atoms with E-state index in [0.717, 1.165) is 33.6 Å². The van der Waals surface area contributed by atoms with Crippen molar-refractivity contribution < 1.29 is 8.60 Å². The van der Waals surface area contributed by atoms with Crippen LogP contribution in [0.25, 0.3) is 17.2 Å². The Labute approximate surface area is 139 Å². The van der Waals surface area contributed by atoms with Crippen LogP contribution in [0.1, 0.15) is 37.0 Å². The van der Waals surface area contributed by atoms with E-state index < -0.39 is 10.8 Å². The molecular formula is C20H19FOS. The smallest absolute Gasteiger partial charge is 0.123 e. The summed E-state index contributed by atoms with van der Waals surface area (Å²) in [4.78, 5) is 0.822. The fourth-order valence-corrected chi connectivity index (χ4v) is 3.65. The predicted octanol–water partition coefficient (Wildman–Crippen LogP) is 5.30. The average molecular weight is 326 g/mol. The lowest BCUT2D eigenvalue weighted by Crippen LogP contribution is -1.88. The first-order chi connectivity index (χ1) is 11.0. The summed E-state index contributed by atoms with van der Waals surface area (Å²) >= 11 is 0. The Kier molecular flexibility index (Phi) is 4.31. The third kappa shape index (κ3) is 2.93. The first kappa shape index (κ1) is 15.9. The van der Waals surface area contributed by atoms with Gasteiger partial charge in [-0.15, -0.1) is 0 Å². The number of benzene rings is 2.